The summed E-state index contributed by atoms with van der Waals surface area (Å²) in [5.74, 6) is -0.663. The zero-order chi connectivity index (χ0) is 19.2. The molecule has 1 fully saturated rings. The summed E-state index contributed by atoms with van der Waals surface area (Å²) in [6.07, 6.45) is 1.53. The molecule has 0 saturated carbocycles. The molecule has 3 heterocycles. The highest BCUT2D eigenvalue weighted by Crippen LogP contribution is 2.29. The van der Waals surface area contributed by atoms with Gasteiger partial charge in [0.05, 0.1) is 18.8 Å². The normalized spacial score (nSPS) is 18.0. The predicted octanol–water partition coefficient (Wildman–Crippen LogP) is 1.45. The molecule has 0 radical (unpaired) electrons. The largest absolute Gasteiger partial charge is 0.467 e. The molecule has 27 heavy (non-hydrogen) atoms. The van der Waals surface area contributed by atoms with Crippen LogP contribution in [0.15, 0.2) is 40.3 Å². The van der Waals surface area contributed by atoms with Crippen LogP contribution in [0.1, 0.15) is 23.6 Å². The van der Waals surface area contributed by atoms with Gasteiger partial charge in [0.25, 0.3) is 0 Å². The average Bonchev–Trinajstić information content (AvgIpc) is 3.35. The van der Waals surface area contributed by atoms with Gasteiger partial charge in [-0.15, -0.1) is 11.3 Å². The van der Waals surface area contributed by atoms with Crippen LogP contribution in [0.5, 0.6) is 0 Å². The molecule has 8 heteroatoms. The van der Waals surface area contributed by atoms with Gasteiger partial charge < -0.3 is 20.0 Å². The zero-order valence-electron chi connectivity index (χ0n) is 15.7. The van der Waals surface area contributed by atoms with E-state index >= 15 is 0 Å². The first kappa shape index (κ1) is 19.6. The lowest BCUT2D eigenvalue weighted by Crippen LogP contribution is -2.53. The number of nitrogens with one attached hydrogen (secondary N) is 2. The Hall–Kier alpha value is -2.16. The van der Waals surface area contributed by atoms with E-state index in [1.54, 1.807) is 23.5 Å². The van der Waals surface area contributed by atoms with Crippen LogP contribution in [0.3, 0.4) is 0 Å². The number of carbonyl (C=O) groups is 2. The summed E-state index contributed by atoms with van der Waals surface area (Å²) >= 11 is 1.68. The summed E-state index contributed by atoms with van der Waals surface area (Å²) < 4.78 is 5.16. The Bertz CT molecular complexity index is 724. The SMILES string of the molecule is CC(NC(=O)C(=O)NCc1ccco1)C(c1cccs1)N1CCN(C)CC1. The van der Waals surface area contributed by atoms with Crippen molar-refractivity contribution in [3.63, 3.8) is 0 Å². The number of rotatable bonds is 6. The van der Waals surface area contributed by atoms with Crippen molar-refractivity contribution < 1.29 is 14.0 Å². The number of amides is 2. The van der Waals surface area contributed by atoms with E-state index in [1.165, 1.54) is 11.1 Å². The predicted molar refractivity (Wildman–Crippen MR) is 104 cm³/mol. The summed E-state index contributed by atoms with van der Waals surface area (Å²) in [7, 11) is 2.12. The second-order valence-corrected chi connectivity index (χ2v) is 7.80. The van der Waals surface area contributed by atoms with Crippen LogP contribution in [-0.4, -0.2) is 60.9 Å². The van der Waals surface area contributed by atoms with Crippen molar-refractivity contribution in [2.45, 2.75) is 25.6 Å². The highest BCUT2D eigenvalue weighted by atomic mass is 32.1. The fraction of sp³-hybridized carbons (Fsp3) is 0.474. The van der Waals surface area contributed by atoms with Gasteiger partial charge in [-0.1, -0.05) is 6.07 Å². The van der Waals surface area contributed by atoms with Gasteiger partial charge in [-0.3, -0.25) is 14.5 Å². The van der Waals surface area contributed by atoms with Gasteiger partial charge in [-0.25, -0.2) is 0 Å². The molecular formula is C19H26N4O3S. The smallest absolute Gasteiger partial charge is 0.309 e. The van der Waals surface area contributed by atoms with E-state index in [-0.39, 0.29) is 18.6 Å². The number of piperazine rings is 1. The molecule has 2 N–H and O–H groups in total. The van der Waals surface area contributed by atoms with E-state index in [1.807, 2.05) is 18.4 Å². The van der Waals surface area contributed by atoms with Crippen molar-refractivity contribution in [1.82, 2.24) is 20.4 Å². The molecule has 0 bridgehead atoms. The van der Waals surface area contributed by atoms with Crippen LogP contribution in [0, 0.1) is 0 Å². The minimum absolute atomic E-state index is 0.0560. The molecule has 2 amide bonds. The summed E-state index contributed by atoms with van der Waals surface area (Å²) in [6.45, 7) is 6.01. The molecular weight excluding hydrogens is 364 g/mol. The Morgan fingerprint density at radius 2 is 1.96 bits per heavy atom. The molecule has 2 aromatic heterocycles. The third-order valence-corrected chi connectivity index (χ3v) is 5.75. The first-order chi connectivity index (χ1) is 13.0. The molecule has 1 aliphatic heterocycles. The maximum atomic E-state index is 12.3. The molecule has 0 aromatic carbocycles. The number of thiophene rings is 1. The van der Waals surface area contributed by atoms with Crippen LogP contribution in [0.25, 0.3) is 0 Å². The average molecular weight is 391 g/mol. The molecule has 2 aromatic rings. The van der Waals surface area contributed by atoms with Crippen molar-refractivity contribution in [2.24, 2.45) is 0 Å². The number of nitrogens with zero attached hydrogens (tertiary/aromatic N) is 2. The Kier molecular flexibility index (Phi) is 6.65. The van der Waals surface area contributed by atoms with Gasteiger partial charge in [-0.2, -0.15) is 0 Å². The van der Waals surface area contributed by atoms with E-state index in [9.17, 15) is 9.59 Å². The topological polar surface area (TPSA) is 77.8 Å². The maximum absolute atomic E-state index is 12.3. The van der Waals surface area contributed by atoms with Crippen LogP contribution in [-0.2, 0) is 16.1 Å². The van der Waals surface area contributed by atoms with Gasteiger partial charge >= 0.3 is 11.8 Å². The number of hydrogen-bond acceptors (Lipinski definition) is 6. The minimum Gasteiger partial charge on any atom is -0.467 e. The lowest BCUT2D eigenvalue weighted by Gasteiger charge is -2.40. The molecule has 0 spiro atoms. The molecule has 0 aliphatic carbocycles. The molecule has 7 nitrogen and oxygen atoms in total. The standard InChI is InChI=1S/C19H26N4O3S/c1-14(21-19(25)18(24)20-13-15-5-3-11-26-15)17(16-6-4-12-27-16)23-9-7-22(2)8-10-23/h3-6,11-12,14,17H,7-10,13H2,1-2H3,(H,20,24)(H,21,25). The third-order valence-electron chi connectivity index (χ3n) is 4.81. The van der Waals surface area contributed by atoms with E-state index in [2.05, 4.69) is 33.5 Å². The molecule has 3 rings (SSSR count). The quantitative estimate of drug-likeness (QED) is 0.730. The molecule has 1 aliphatic rings. The van der Waals surface area contributed by atoms with E-state index in [0.29, 0.717) is 5.76 Å². The maximum Gasteiger partial charge on any atom is 0.309 e. The Labute approximate surface area is 163 Å². The van der Waals surface area contributed by atoms with Gasteiger partial charge in [0, 0.05) is 37.1 Å². The van der Waals surface area contributed by atoms with Crippen LogP contribution < -0.4 is 10.6 Å². The van der Waals surface area contributed by atoms with E-state index in [4.69, 9.17) is 4.42 Å². The Morgan fingerprint density at radius 1 is 1.19 bits per heavy atom. The van der Waals surface area contributed by atoms with Crippen molar-refractivity contribution in [3.05, 3.63) is 46.5 Å². The van der Waals surface area contributed by atoms with E-state index < -0.39 is 11.8 Å². The van der Waals surface area contributed by atoms with Gasteiger partial charge in [-0.05, 0) is 37.6 Å². The van der Waals surface area contributed by atoms with Gasteiger partial charge in [0.1, 0.15) is 5.76 Å². The summed E-state index contributed by atoms with van der Waals surface area (Å²) in [5.41, 5.74) is 0. The number of carbonyl (C=O) groups excluding carboxylic acids is 2. The van der Waals surface area contributed by atoms with Crippen molar-refractivity contribution in [1.29, 1.82) is 0 Å². The summed E-state index contributed by atoms with van der Waals surface area (Å²) in [5, 5.41) is 7.51. The highest BCUT2D eigenvalue weighted by Gasteiger charge is 2.31. The molecule has 1 saturated heterocycles. The monoisotopic (exact) mass is 390 g/mol. The lowest BCUT2D eigenvalue weighted by atomic mass is 10.0. The van der Waals surface area contributed by atoms with Crippen molar-refractivity contribution >= 4 is 23.2 Å². The molecule has 2 unspecified atom stereocenters. The second kappa shape index (κ2) is 9.16. The Morgan fingerprint density at radius 3 is 2.59 bits per heavy atom. The van der Waals surface area contributed by atoms with Crippen molar-refractivity contribution in [2.75, 3.05) is 33.2 Å². The lowest BCUT2D eigenvalue weighted by molar-refractivity contribution is -0.140. The fourth-order valence-electron chi connectivity index (χ4n) is 3.31. The third kappa shape index (κ3) is 5.18. The van der Waals surface area contributed by atoms with Gasteiger partial charge in [0.15, 0.2) is 0 Å². The first-order valence-corrected chi connectivity index (χ1v) is 9.99. The zero-order valence-corrected chi connectivity index (χ0v) is 16.5. The highest BCUT2D eigenvalue weighted by molar-refractivity contribution is 7.10. The number of hydrogen-bond donors (Lipinski definition) is 2. The van der Waals surface area contributed by atoms with Crippen molar-refractivity contribution in [3.8, 4) is 0 Å². The first-order valence-electron chi connectivity index (χ1n) is 9.11. The van der Waals surface area contributed by atoms with Crippen LogP contribution in [0.2, 0.25) is 0 Å². The fourth-order valence-corrected chi connectivity index (χ4v) is 4.28. The number of likely N-dealkylation sites (N-methyl/N-ethyl adjacent to an activating group) is 1. The summed E-state index contributed by atoms with van der Waals surface area (Å²) in [4.78, 5) is 30.3. The van der Waals surface area contributed by atoms with Crippen LogP contribution >= 0.6 is 11.3 Å². The molecule has 146 valence electrons. The minimum atomic E-state index is -0.651. The van der Waals surface area contributed by atoms with Crippen LogP contribution in [0.4, 0.5) is 0 Å². The Balaban J connectivity index is 1.60. The molecule has 2 atom stereocenters. The van der Waals surface area contributed by atoms with Gasteiger partial charge in [0.2, 0.25) is 0 Å². The number of furan rings is 1. The summed E-state index contributed by atoms with van der Waals surface area (Å²) in [6, 6.07) is 7.47. The van der Waals surface area contributed by atoms with E-state index in [0.717, 1.165) is 26.2 Å². The second-order valence-electron chi connectivity index (χ2n) is 6.82.